The van der Waals surface area contributed by atoms with E-state index in [2.05, 4.69) is 4.74 Å². The van der Waals surface area contributed by atoms with Crippen LogP contribution < -0.4 is 0 Å². The van der Waals surface area contributed by atoms with Crippen LogP contribution in [0.5, 0.6) is 0 Å². The molecule has 20 heavy (non-hydrogen) atoms. The maximum atomic E-state index is 11.7. The van der Waals surface area contributed by atoms with Crippen LogP contribution in [0.4, 0.5) is 0 Å². The summed E-state index contributed by atoms with van der Waals surface area (Å²) in [6, 6.07) is 0. The number of carbonyl (C=O) groups excluding carboxylic acids is 2. The van der Waals surface area contributed by atoms with Crippen molar-refractivity contribution in [3.63, 3.8) is 0 Å². The third-order valence-corrected chi connectivity index (χ3v) is 2.40. The van der Waals surface area contributed by atoms with E-state index in [0.29, 0.717) is 6.61 Å². The van der Waals surface area contributed by atoms with Crippen LogP contribution in [0.1, 0.15) is 33.6 Å². The van der Waals surface area contributed by atoms with E-state index in [1.165, 1.54) is 7.11 Å². The van der Waals surface area contributed by atoms with Crippen LogP contribution >= 0.6 is 0 Å². The molecule has 0 aromatic rings. The highest BCUT2D eigenvalue weighted by Gasteiger charge is 2.17. The van der Waals surface area contributed by atoms with Gasteiger partial charge in [-0.2, -0.15) is 0 Å². The highest BCUT2D eigenvalue weighted by Crippen LogP contribution is 2.09. The summed E-state index contributed by atoms with van der Waals surface area (Å²) in [7, 11) is 1.26. The lowest BCUT2D eigenvalue weighted by Gasteiger charge is -2.19. The number of ether oxygens (including phenoxy) is 3. The summed E-state index contributed by atoms with van der Waals surface area (Å²) in [6.07, 6.45) is 6.31. The van der Waals surface area contributed by atoms with Crippen molar-refractivity contribution in [2.75, 3.05) is 13.7 Å². The Labute approximate surface area is 120 Å². The summed E-state index contributed by atoms with van der Waals surface area (Å²) in [5, 5.41) is 0. The van der Waals surface area contributed by atoms with Crippen LogP contribution in [-0.4, -0.2) is 37.9 Å². The van der Waals surface area contributed by atoms with Crippen molar-refractivity contribution in [1.29, 1.82) is 0 Å². The molecule has 0 N–H and O–H groups in total. The first-order valence-electron chi connectivity index (χ1n) is 6.68. The molecule has 0 aliphatic carbocycles. The van der Waals surface area contributed by atoms with Gasteiger partial charge in [-0.25, -0.2) is 0 Å². The highest BCUT2D eigenvalue weighted by atomic mass is 16.7. The average Bonchev–Trinajstić information content (AvgIpc) is 2.38. The molecule has 0 rings (SSSR count). The Balaban J connectivity index is 4.51. The van der Waals surface area contributed by atoms with Crippen LogP contribution in [-0.2, 0) is 23.8 Å². The second kappa shape index (κ2) is 11.4. The molecule has 0 bridgehead atoms. The zero-order chi connectivity index (χ0) is 15.4. The summed E-state index contributed by atoms with van der Waals surface area (Å²) in [5.41, 5.74) is 0. The standard InChI is InChI=1S/C15H24O5/c1-5-7-8-9-14(20-12(3)19-6-2)10-13(16)11-15(17)18-4/h5,7-9,12,14H,6,10-11H2,1-4H3/b7-5+,9-8+. The Hall–Kier alpha value is -1.46. The molecular formula is C15H24O5. The van der Waals surface area contributed by atoms with Crippen molar-refractivity contribution in [3.05, 3.63) is 24.3 Å². The second-order valence-corrected chi connectivity index (χ2v) is 4.10. The summed E-state index contributed by atoms with van der Waals surface area (Å²) >= 11 is 0. The summed E-state index contributed by atoms with van der Waals surface area (Å²) in [4.78, 5) is 22.8. The van der Waals surface area contributed by atoms with Gasteiger partial charge in [-0.15, -0.1) is 0 Å². The number of rotatable bonds is 10. The van der Waals surface area contributed by atoms with E-state index >= 15 is 0 Å². The molecule has 5 heteroatoms. The smallest absolute Gasteiger partial charge is 0.313 e. The summed E-state index contributed by atoms with van der Waals surface area (Å²) < 4.78 is 15.4. The van der Waals surface area contributed by atoms with Crippen molar-refractivity contribution in [2.24, 2.45) is 0 Å². The molecule has 114 valence electrons. The number of hydrogen-bond donors (Lipinski definition) is 0. The topological polar surface area (TPSA) is 61.8 Å². The first kappa shape index (κ1) is 18.5. The highest BCUT2D eigenvalue weighted by molar-refractivity contribution is 5.95. The number of esters is 1. The van der Waals surface area contributed by atoms with Crippen molar-refractivity contribution in [3.8, 4) is 0 Å². The molecule has 0 aliphatic rings. The molecule has 0 saturated heterocycles. The third kappa shape index (κ3) is 9.47. The predicted molar refractivity (Wildman–Crippen MR) is 76.2 cm³/mol. The molecule has 5 nitrogen and oxygen atoms in total. The van der Waals surface area contributed by atoms with Gasteiger partial charge in [0, 0.05) is 13.0 Å². The fraction of sp³-hybridized carbons (Fsp3) is 0.600. The third-order valence-electron chi connectivity index (χ3n) is 2.40. The molecule has 2 unspecified atom stereocenters. The monoisotopic (exact) mass is 284 g/mol. The number of carbonyl (C=O) groups is 2. The first-order chi connectivity index (χ1) is 9.53. The van der Waals surface area contributed by atoms with E-state index in [1.54, 1.807) is 19.1 Å². The second-order valence-electron chi connectivity index (χ2n) is 4.10. The van der Waals surface area contributed by atoms with Crippen molar-refractivity contribution in [1.82, 2.24) is 0 Å². The Kier molecular flexibility index (Phi) is 10.5. The van der Waals surface area contributed by atoms with Crippen LogP contribution in [0, 0.1) is 0 Å². The van der Waals surface area contributed by atoms with Gasteiger partial charge in [0.2, 0.25) is 0 Å². The summed E-state index contributed by atoms with van der Waals surface area (Å²) in [5.74, 6) is -0.764. The Morgan fingerprint density at radius 1 is 1.25 bits per heavy atom. The van der Waals surface area contributed by atoms with E-state index in [-0.39, 0.29) is 18.6 Å². The summed E-state index contributed by atoms with van der Waals surface area (Å²) in [6.45, 7) is 6.06. The SMILES string of the molecule is C/C=C/C=C/C(CC(=O)CC(=O)OC)OC(C)OCC. The van der Waals surface area contributed by atoms with Gasteiger partial charge in [-0.05, 0) is 20.8 Å². The largest absolute Gasteiger partial charge is 0.469 e. The minimum atomic E-state index is -0.538. The number of allylic oxidation sites excluding steroid dienone is 3. The zero-order valence-electron chi connectivity index (χ0n) is 12.6. The van der Waals surface area contributed by atoms with Crippen molar-refractivity contribution < 1.29 is 23.8 Å². The van der Waals surface area contributed by atoms with Gasteiger partial charge in [0.15, 0.2) is 6.29 Å². The zero-order valence-corrected chi connectivity index (χ0v) is 12.6. The van der Waals surface area contributed by atoms with E-state index < -0.39 is 18.4 Å². The maximum Gasteiger partial charge on any atom is 0.313 e. The van der Waals surface area contributed by atoms with E-state index in [4.69, 9.17) is 9.47 Å². The van der Waals surface area contributed by atoms with E-state index in [9.17, 15) is 9.59 Å². The Morgan fingerprint density at radius 3 is 2.50 bits per heavy atom. The maximum absolute atomic E-state index is 11.7. The molecule has 0 amide bonds. The molecule has 2 atom stereocenters. The van der Waals surface area contributed by atoms with Gasteiger partial charge in [0.25, 0.3) is 0 Å². The number of methoxy groups -OCH3 is 1. The van der Waals surface area contributed by atoms with Crippen LogP contribution in [0.15, 0.2) is 24.3 Å². The lowest BCUT2D eigenvalue weighted by molar-refractivity contribution is -0.153. The van der Waals surface area contributed by atoms with Crippen LogP contribution in [0.2, 0.25) is 0 Å². The fourth-order valence-corrected chi connectivity index (χ4v) is 1.51. The van der Waals surface area contributed by atoms with Gasteiger partial charge < -0.3 is 14.2 Å². The fourth-order valence-electron chi connectivity index (χ4n) is 1.51. The predicted octanol–water partition coefficient (Wildman–Crippen LogP) is 2.41. The molecule has 0 aliphatic heterocycles. The van der Waals surface area contributed by atoms with Gasteiger partial charge >= 0.3 is 5.97 Å². The van der Waals surface area contributed by atoms with Crippen molar-refractivity contribution in [2.45, 2.75) is 46.0 Å². The van der Waals surface area contributed by atoms with Gasteiger partial charge in [-0.1, -0.05) is 24.3 Å². The van der Waals surface area contributed by atoms with Crippen LogP contribution in [0.25, 0.3) is 0 Å². The molecule has 0 fully saturated rings. The minimum absolute atomic E-state index is 0.112. The van der Waals surface area contributed by atoms with Gasteiger partial charge in [0.1, 0.15) is 12.2 Å². The average molecular weight is 284 g/mol. The first-order valence-corrected chi connectivity index (χ1v) is 6.68. The number of hydrogen-bond acceptors (Lipinski definition) is 5. The van der Waals surface area contributed by atoms with E-state index in [0.717, 1.165) is 0 Å². The molecule has 0 heterocycles. The molecule has 0 saturated carbocycles. The Morgan fingerprint density at radius 2 is 1.95 bits per heavy atom. The van der Waals surface area contributed by atoms with E-state index in [1.807, 2.05) is 26.0 Å². The molecule has 0 radical (unpaired) electrons. The quantitative estimate of drug-likeness (QED) is 0.267. The van der Waals surface area contributed by atoms with Crippen LogP contribution in [0.3, 0.4) is 0 Å². The van der Waals surface area contributed by atoms with Gasteiger partial charge in [-0.3, -0.25) is 9.59 Å². The molecular weight excluding hydrogens is 260 g/mol. The van der Waals surface area contributed by atoms with Crippen molar-refractivity contribution >= 4 is 11.8 Å². The van der Waals surface area contributed by atoms with Gasteiger partial charge in [0.05, 0.1) is 13.2 Å². The normalized spacial score (nSPS) is 14.6. The minimum Gasteiger partial charge on any atom is -0.469 e. The number of Topliss-reactive ketones (excluding diaryl/α,β-unsaturated/α-hetero) is 1. The Bertz CT molecular complexity index is 346. The molecule has 0 aromatic carbocycles. The number of ketones is 1. The lowest BCUT2D eigenvalue weighted by Crippen LogP contribution is -2.24. The lowest BCUT2D eigenvalue weighted by atomic mass is 10.1. The molecule has 0 aromatic heterocycles. The molecule has 0 spiro atoms.